The van der Waals surface area contributed by atoms with Crippen molar-refractivity contribution in [3.63, 3.8) is 0 Å². The molecular formula is C22H23ClNO4P. The van der Waals surface area contributed by atoms with E-state index in [9.17, 15) is 9.36 Å². The zero-order valence-corrected chi connectivity index (χ0v) is 18.2. The smallest absolute Gasteiger partial charge is 0.313 e. The lowest BCUT2D eigenvalue weighted by Crippen LogP contribution is -2.32. The summed E-state index contributed by atoms with van der Waals surface area (Å²) in [5.41, 5.74) is 2.32. The summed E-state index contributed by atoms with van der Waals surface area (Å²) >= 11 is 6.06. The summed E-state index contributed by atoms with van der Waals surface area (Å²) in [5.74, 6) is 0. The van der Waals surface area contributed by atoms with Crippen molar-refractivity contribution < 1.29 is 13.6 Å². The average molecular weight is 432 g/mol. The van der Waals surface area contributed by atoms with Crippen LogP contribution in [-0.4, -0.2) is 17.8 Å². The van der Waals surface area contributed by atoms with E-state index in [1.165, 1.54) is 6.07 Å². The highest BCUT2D eigenvalue weighted by molar-refractivity contribution is 7.62. The number of rotatable bonds is 7. The number of hydrogen-bond donors (Lipinski definition) is 0. The SMILES string of the molecule is CCOP(=O)(OCC)c1c(-c2ccccc2)n(-c2ccc(Cl)cc2)c(C)cc1=O. The zero-order valence-electron chi connectivity index (χ0n) is 16.6. The van der Waals surface area contributed by atoms with E-state index in [0.717, 1.165) is 11.3 Å². The molecule has 0 aliphatic heterocycles. The van der Waals surface area contributed by atoms with E-state index in [1.807, 2.05) is 54.0 Å². The summed E-state index contributed by atoms with van der Waals surface area (Å²) in [7, 11) is -3.85. The van der Waals surface area contributed by atoms with Crippen LogP contribution in [0.15, 0.2) is 65.5 Å². The van der Waals surface area contributed by atoms with Gasteiger partial charge in [-0.2, -0.15) is 0 Å². The Labute approximate surface area is 175 Å². The third-order valence-corrected chi connectivity index (χ3v) is 6.81. The Morgan fingerprint density at radius 2 is 1.55 bits per heavy atom. The van der Waals surface area contributed by atoms with Crippen LogP contribution in [-0.2, 0) is 13.6 Å². The van der Waals surface area contributed by atoms with E-state index in [4.69, 9.17) is 20.6 Å². The molecule has 0 radical (unpaired) electrons. The molecule has 2 aromatic carbocycles. The van der Waals surface area contributed by atoms with E-state index in [1.54, 1.807) is 26.0 Å². The third-order valence-electron chi connectivity index (χ3n) is 4.38. The summed E-state index contributed by atoms with van der Waals surface area (Å²) in [5, 5.41) is 0.635. The van der Waals surface area contributed by atoms with Crippen LogP contribution in [0, 0.1) is 6.92 Å². The van der Waals surface area contributed by atoms with E-state index in [2.05, 4.69) is 0 Å². The molecule has 0 saturated heterocycles. The van der Waals surface area contributed by atoms with Crippen molar-refractivity contribution >= 4 is 24.5 Å². The van der Waals surface area contributed by atoms with Crippen LogP contribution >= 0.6 is 19.2 Å². The van der Waals surface area contributed by atoms with Crippen molar-refractivity contribution in [3.05, 3.63) is 81.6 Å². The minimum Gasteiger partial charge on any atom is -0.313 e. The fourth-order valence-corrected chi connectivity index (χ4v) is 5.24. The Bertz CT molecular complexity index is 1080. The van der Waals surface area contributed by atoms with Gasteiger partial charge >= 0.3 is 7.60 Å². The van der Waals surface area contributed by atoms with Crippen LogP contribution in [0.1, 0.15) is 19.5 Å². The van der Waals surface area contributed by atoms with Crippen molar-refractivity contribution in [2.24, 2.45) is 0 Å². The second kappa shape index (κ2) is 9.10. The molecule has 3 aromatic rings. The van der Waals surface area contributed by atoms with Gasteiger partial charge in [-0.25, -0.2) is 0 Å². The molecule has 7 heteroatoms. The highest BCUT2D eigenvalue weighted by atomic mass is 35.5. The third kappa shape index (κ3) is 4.39. The number of nitrogens with zero attached hydrogens (tertiary/aromatic N) is 1. The molecule has 0 bridgehead atoms. The predicted molar refractivity (Wildman–Crippen MR) is 118 cm³/mol. The van der Waals surface area contributed by atoms with Crippen molar-refractivity contribution in [1.82, 2.24) is 4.57 Å². The summed E-state index contributed by atoms with van der Waals surface area (Å²) < 4.78 is 26.7. The minimum atomic E-state index is -3.85. The molecule has 152 valence electrons. The highest BCUT2D eigenvalue weighted by Gasteiger charge is 2.35. The number of aromatic nitrogens is 1. The van der Waals surface area contributed by atoms with Gasteiger partial charge in [-0.05, 0) is 50.6 Å². The Morgan fingerprint density at radius 3 is 2.10 bits per heavy atom. The van der Waals surface area contributed by atoms with Crippen LogP contribution < -0.4 is 10.7 Å². The lowest BCUT2D eigenvalue weighted by atomic mass is 10.1. The first-order valence-corrected chi connectivity index (χ1v) is 11.3. The molecule has 3 rings (SSSR count). The molecule has 1 aromatic heterocycles. The van der Waals surface area contributed by atoms with E-state index < -0.39 is 7.60 Å². The van der Waals surface area contributed by atoms with E-state index >= 15 is 0 Å². The van der Waals surface area contributed by atoms with Crippen LogP contribution in [0.3, 0.4) is 0 Å². The largest absolute Gasteiger partial charge is 0.367 e. The molecule has 0 spiro atoms. The summed E-state index contributed by atoms with van der Waals surface area (Å²) in [6.07, 6.45) is 0. The molecule has 0 amide bonds. The van der Waals surface area contributed by atoms with Gasteiger partial charge in [0.05, 0.1) is 18.9 Å². The first-order valence-electron chi connectivity index (χ1n) is 9.39. The van der Waals surface area contributed by atoms with Gasteiger partial charge in [-0.3, -0.25) is 9.36 Å². The van der Waals surface area contributed by atoms with Crippen LogP contribution in [0.25, 0.3) is 16.9 Å². The molecule has 1 heterocycles. The Morgan fingerprint density at radius 1 is 0.966 bits per heavy atom. The minimum absolute atomic E-state index is 0.0351. The molecule has 0 N–H and O–H groups in total. The Kier molecular flexibility index (Phi) is 6.76. The topological polar surface area (TPSA) is 57.5 Å². The number of pyridine rings is 1. The first-order chi connectivity index (χ1) is 13.9. The van der Waals surface area contributed by atoms with Crippen molar-refractivity contribution in [3.8, 4) is 16.9 Å². The van der Waals surface area contributed by atoms with Gasteiger partial charge in [0.2, 0.25) is 0 Å². The average Bonchev–Trinajstić information content (AvgIpc) is 2.69. The maximum absolute atomic E-state index is 13.7. The Balaban J connectivity index is 2.46. The van der Waals surface area contributed by atoms with Gasteiger partial charge in [0.1, 0.15) is 5.30 Å². The molecule has 0 unspecified atom stereocenters. The van der Waals surface area contributed by atoms with Crippen molar-refractivity contribution in [1.29, 1.82) is 0 Å². The maximum atomic E-state index is 13.7. The van der Waals surface area contributed by atoms with Crippen molar-refractivity contribution in [2.45, 2.75) is 20.8 Å². The van der Waals surface area contributed by atoms with Gasteiger partial charge in [-0.15, -0.1) is 0 Å². The molecular weight excluding hydrogens is 409 g/mol. The van der Waals surface area contributed by atoms with Gasteiger partial charge in [0.15, 0.2) is 5.43 Å². The molecule has 5 nitrogen and oxygen atoms in total. The summed E-state index contributed by atoms with van der Waals surface area (Å²) in [4.78, 5) is 13.1. The van der Waals surface area contributed by atoms with Gasteiger partial charge in [0, 0.05) is 22.5 Å². The fourth-order valence-electron chi connectivity index (χ4n) is 3.28. The second-order valence-corrected chi connectivity index (χ2v) is 8.75. The number of hydrogen-bond acceptors (Lipinski definition) is 4. The lowest BCUT2D eigenvalue weighted by Gasteiger charge is -2.24. The summed E-state index contributed by atoms with van der Waals surface area (Å²) in [6.45, 7) is 5.58. The zero-order chi connectivity index (χ0) is 21.0. The van der Waals surface area contributed by atoms with Crippen LogP contribution in [0.4, 0.5) is 0 Å². The Hall–Kier alpha value is -2.17. The molecule has 0 saturated carbocycles. The van der Waals surface area contributed by atoms with Gasteiger partial charge in [0.25, 0.3) is 0 Å². The highest BCUT2D eigenvalue weighted by Crippen LogP contribution is 2.48. The molecule has 0 fully saturated rings. The standard InChI is InChI=1S/C22H23ClNO4P/c1-4-27-29(26,28-5-2)22-20(25)15-16(3)24(19-13-11-18(23)12-14-19)21(22)17-9-7-6-8-10-17/h6-15H,4-5H2,1-3H3. The molecule has 0 aliphatic carbocycles. The van der Waals surface area contributed by atoms with Crippen LogP contribution in [0.5, 0.6) is 0 Å². The molecule has 29 heavy (non-hydrogen) atoms. The van der Waals surface area contributed by atoms with E-state index in [-0.39, 0.29) is 23.9 Å². The lowest BCUT2D eigenvalue weighted by molar-refractivity contribution is 0.229. The number of aryl methyl sites for hydroxylation is 1. The predicted octanol–water partition coefficient (Wildman–Crippen LogP) is 5.36. The van der Waals surface area contributed by atoms with Crippen molar-refractivity contribution in [2.75, 3.05) is 13.2 Å². The van der Waals surface area contributed by atoms with Crippen LogP contribution in [0.2, 0.25) is 5.02 Å². The first kappa shape index (κ1) is 21.5. The quantitative estimate of drug-likeness (QED) is 0.473. The maximum Gasteiger partial charge on any atom is 0.367 e. The molecule has 0 aliphatic rings. The fraction of sp³-hybridized carbons (Fsp3) is 0.227. The van der Waals surface area contributed by atoms with E-state index in [0.29, 0.717) is 16.4 Å². The number of benzene rings is 2. The molecule has 0 atom stereocenters. The van der Waals surface area contributed by atoms with Gasteiger partial charge < -0.3 is 13.6 Å². The second-order valence-electron chi connectivity index (χ2n) is 6.36. The normalized spacial score (nSPS) is 11.6. The van der Waals surface area contributed by atoms with Gasteiger partial charge in [-0.1, -0.05) is 41.9 Å². The monoisotopic (exact) mass is 431 g/mol. The number of halogens is 1. The summed E-state index contributed by atoms with van der Waals surface area (Å²) in [6, 6.07) is 18.1.